The van der Waals surface area contributed by atoms with Crippen LogP contribution in [0.3, 0.4) is 0 Å². The van der Waals surface area contributed by atoms with E-state index in [0.29, 0.717) is 5.11 Å². The van der Waals surface area contributed by atoms with Crippen molar-refractivity contribution in [2.75, 3.05) is 5.32 Å². The quantitative estimate of drug-likeness (QED) is 0.382. The van der Waals surface area contributed by atoms with Crippen LogP contribution in [0.25, 0.3) is 0 Å². The van der Waals surface area contributed by atoms with Crippen molar-refractivity contribution in [2.24, 2.45) is 5.10 Å². The van der Waals surface area contributed by atoms with Gasteiger partial charge in [-0.2, -0.15) is 5.10 Å². The van der Waals surface area contributed by atoms with E-state index in [2.05, 4.69) is 71.5 Å². The van der Waals surface area contributed by atoms with Crippen molar-refractivity contribution in [3.8, 4) is 0 Å². The summed E-state index contributed by atoms with van der Waals surface area (Å²) in [6.45, 7) is 7.05. The largest absolute Gasteiger partial charge is 0.342 e. The molecule has 5 heteroatoms. The molecule has 2 aromatic carbocycles. The summed E-state index contributed by atoms with van der Waals surface area (Å²) in [5.41, 5.74) is 9.82. The number of benzene rings is 2. The number of aromatic nitrogens is 1. The van der Waals surface area contributed by atoms with Gasteiger partial charge in [-0.3, -0.25) is 5.43 Å². The first-order valence-electron chi connectivity index (χ1n) is 8.90. The van der Waals surface area contributed by atoms with Crippen molar-refractivity contribution >= 4 is 29.2 Å². The third-order valence-electron chi connectivity index (χ3n) is 4.55. The summed E-state index contributed by atoms with van der Waals surface area (Å²) in [7, 11) is 0. The summed E-state index contributed by atoms with van der Waals surface area (Å²) >= 11 is 5.34. The Morgan fingerprint density at radius 1 is 1.04 bits per heavy atom. The fraction of sp³-hybridized carbons (Fsp3) is 0.182. The zero-order valence-electron chi connectivity index (χ0n) is 15.9. The molecule has 0 aliphatic heterocycles. The first kappa shape index (κ1) is 18.9. The van der Waals surface area contributed by atoms with Gasteiger partial charge in [-0.25, -0.2) is 0 Å². The molecule has 0 unspecified atom stereocenters. The number of rotatable bonds is 5. The lowest BCUT2D eigenvalue weighted by molar-refractivity contribution is 0.798. The van der Waals surface area contributed by atoms with Crippen LogP contribution in [0.1, 0.15) is 27.9 Å². The molecular formula is C22H24N4S. The topological polar surface area (TPSA) is 41.4 Å². The number of hydrazone groups is 1. The second-order valence-electron chi connectivity index (χ2n) is 6.62. The number of hydrogen-bond acceptors (Lipinski definition) is 2. The highest BCUT2D eigenvalue weighted by Crippen LogP contribution is 2.17. The Labute approximate surface area is 165 Å². The molecule has 0 saturated carbocycles. The highest BCUT2D eigenvalue weighted by molar-refractivity contribution is 7.80. The van der Waals surface area contributed by atoms with E-state index >= 15 is 0 Å². The number of thiocarbonyl (C=S) groups is 1. The van der Waals surface area contributed by atoms with E-state index in [1.165, 1.54) is 22.3 Å². The van der Waals surface area contributed by atoms with Crippen LogP contribution in [0.15, 0.2) is 65.9 Å². The SMILES string of the molecule is Cc1ccc(Cn2cccc2/C=N\NC(=S)Nc2cccc(C)c2C)cc1. The molecule has 0 aliphatic carbocycles. The van der Waals surface area contributed by atoms with Gasteiger partial charge in [0.05, 0.1) is 11.9 Å². The first-order valence-corrected chi connectivity index (χ1v) is 9.31. The van der Waals surface area contributed by atoms with Crippen LogP contribution in [-0.4, -0.2) is 15.9 Å². The zero-order valence-corrected chi connectivity index (χ0v) is 16.7. The summed E-state index contributed by atoms with van der Waals surface area (Å²) in [4.78, 5) is 0. The molecule has 0 saturated heterocycles. The van der Waals surface area contributed by atoms with Gasteiger partial charge in [0, 0.05) is 18.4 Å². The standard InChI is InChI=1S/C22H24N4S/c1-16-9-11-19(12-10-16)15-26-13-5-7-20(26)14-23-25-22(27)24-21-8-4-6-17(2)18(21)3/h4-14H,15H2,1-3H3,(H2,24,25,27)/b23-14-. The molecule has 3 rings (SSSR count). The predicted molar refractivity (Wildman–Crippen MR) is 118 cm³/mol. The summed E-state index contributed by atoms with van der Waals surface area (Å²) < 4.78 is 2.15. The maximum absolute atomic E-state index is 5.34. The van der Waals surface area contributed by atoms with Crippen LogP contribution >= 0.6 is 12.2 Å². The van der Waals surface area contributed by atoms with Gasteiger partial charge in [0.25, 0.3) is 0 Å². The van der Waals surface area contributed by atoms with Gasteiger partial charge in [-0.15, -0.1) is 0 Å². The molecule has 3 aromatic rings. The summed E-state index contributed by atoms with van der Waals surface area (Å²) in [6.07, 6.45) is 3.83. The fourth-order valence-electron chi connectivity index (χ4n) is 2.77. The van der Waals surface area contributed by atoms with Crippen molar-refractivity contribution in [3.05, 3.63) is 88.7 Å². The Kier molecular flexibility index (Phi) is 6.04. The molecule has 138 valence electrons. The molecule has 0 aliphatic rings. The Bertz CT molecular complexity index is 955. The lowest BCUT2D eigenvalue weighted by atomic mass is 10.1. The van der Waals surface area contributed by atoms with Crippen molar-refractivity contribution in [1.29, 1.82) is 0 Å². The van der Waals surface area contributed by atoms with E-state index in [9.17, 15) is 0 Å². The smallest absolute Gasteiger partial charge is 0.191 e. The Morgan fingerprint density at radius 3 is 2.59 bits per heavy atom. The van der Waals surface area contributed by atoms with E-state index in [0.717, 1.165) is 17.9 Å². The number of anilines is 1. The van der Waals surface area contributed by atoms with E-state index in [-0.39, 0.29) is 0 Å². The van der Waals surface area contributed by atoms with Gasteiger partial charge in [0.15, 0.2) is 5.11 Å². The molecule has 0 radical (unpaired) electrons. The van der Waals surface area contributed by atoms with Crippen LogP contribution in [0.2, 0.25) is 0 Å². The Balaban J connectivity index is 1.60. The lowest BCUT2D eigenvalue weighted by Crippen LogP contribution is -2.24. The van der Waals surface area contributed by atoms with Crippen molar-refractivity contribution in [1.82, 2.24) is 9.99 Å². The maximum atomic E-state index is 5.34. The van der Waals surface area contributed by atoms with Crippen molar-refractivity contribution in [2.45, 2.75) is 27.3 Å². The van der Waals surface area contributed by atoms with Crippen LogP contribution in [0.4, 0.5) is 5.69 Å². The minimum absolute atomic E-state index is 0.469. The Hall–Kier alpha value is -2.92. The lowest BCUT2D eigenvalue weighted by Gasteiger charge is -2.11. The number of aryl methyl sites for hydroxylation is 2. The predicted octanol–water partition coefficient (Wildman–Crippen LogP) is 4.78. The van der Waals surface area contributed by atoms with Crippen LogP contribution < -0.4 is 10.7 Å². The monoisotopic (exact) mass is 376 g/mol. The van der Waals surface area contributed by atoms with Crippen LogP contribution in [0, 0.1) is 20.8 Å². The molecular weight excluding hydrogens is 352 g/mol. The molecule has 4 nitrogen and oxygen atoms in total. The van der Waals surface area contributed by atoms with Gasteiger partial charge in [-0.1, -0.05) is 42.0 Å². The van der Waals surface area contributed by atoms with Crippen LogP contribution in [0.5, 0.6) is 0 Å². The van der Waals surface area contributed by atoms with Crippen LogP contribution in [-0.2, 0) is 6.54 Å². The second-order valence-corrected chi connectivity index (χ2v) is 7.03. The second kappa shape index (κ2) is 8.64. The summed E-state index contributed by atoms with van der Waals surface area (Å²) in [5.74, 6) is 0. The molecule has 0 amide bonds. The van der Waals surface area contributed by atoms with Gasteiger partial charge in [-0.05, 0) is 67.9 Å². The van der Waals surface area contributed by atoms with E-state index in [4.69, 9.17) is 12.2 Å². The molecule has 1 heterocycles. The van der Waals surface area contributed by atoms with Gasteiger partial charge < -0.3 is 9.88 Å². The number of nitrogens with zero attached hydrogens (tertiary/aromatic N) is 2. The number of nitrogens with one attached hydrogen (secondary N) is 2. The number of hydrogen-bond donors (Lipinski definition) is 2. The highest BCUT2D eigenvalue weighted by Gasteiger charge is 2.03. The third kappa shape index (κ3) is 5.05. The van der Waals surface area contributed by atoms with Crippen molar-refractivity contribution in [3.63, 3.8) is 0 Å². The van der Waals surface area contributed by atoms with Gasteiger partial charge >= 0.3 is 0 Å². The van der Waals surface area contributed by atoms with E-state index in [1.54, 1.807) is 6.21 Å². The highest BCUT2D eigenvalue weighted by atomic mass is 32.1. The van der Waals surface area contributed by atoms with Gasteiger partial charge in [0.1, 0.15) is 0 Å². The maximum Gasteiger partial charge on any atom is 0.191 e. The van der Waals surface area contributed by atoms with E-state index < -0.39 is 0 Å². The van der Waals surface area contributed by atoms with E-state index in [1.807, 2.05) is 30.5 Å². The molecule has 0 atom stereocenters. The molecule has 1 aromatic heterocycles. The molecule has 27 heavy (non-hydrogen) atoms. The average molecular weight is 377 g/mol. The summed E-state index contributed by atoms with van der Waals surface area (Å²) in [6, 6.07) is 18.7. The Morgan fingerprint density at radius 2 is 1.81 bits per heavy atom. The first-order chi connectivity index (χ1) is 13.0. The molecule has 0 bridgehead atoms. The average Bonchev–Trinajstić information content (AvgIpc) is 3.08. The zero-order chi connectivity index (χ0) is 19.2. The normalized spacial score (nSPS) is 10.9. The van der Waals surface area contributed by atoms with Crippen molar-refractivity contribution < 1.29 is 0 Å². The minimum Gasteiger partial charge on any atom is -0.342 e. The molecule has 0 fully saturated rings. The molecule has 0 spiro atoms. The van der Waals surface area contributed by atoms with Gasteiger partial charge in [0.2, 0.25) is 0 Å². The summed E-state index contributed by atoms with van der Waals surface area (Å²) in [5, 5.41) is 7.94. The third-order valence-corrected chi connectivity index (χ3v) is 4.75. The fourth-order valence-corrected chi connectivity index (χ4v) is 2.94. The molecule has 2 N–H and O–H groups in total. The minimum atomic E-state index is 0.469.